The van der Waals surface area contributed by atoms with E-state index in [1.165, 1.54) is 11.0 Å². The number of carbonyl (C=O) groups excluding carboxylic acids is 2. The first-order valence-electron chi connectivity index (χ1n) is 8.40. The molecule has 1 aromatic heterocycles. The van der Waals surface area contributed by atoms with Crippen LogP contribution in [0.1, 0.15) is 32.0 Å². The van der Waals surface area contributed by atoms with Crippen molar-refractivity contribution in [1.29, 1.82) is 0 Å². The SMILES string of the molecule is CC(C)CC(=O)C1=C(O)C(=O)N(c2ccccc2O)C1c1ccccn1. The number of aromatic hydroxyl groups is 1. The topological polar surface area (TPSA) is 90.7 Å². The van der Waals surface area contributed by atoms with Crippen LogP contribution in [-0.4, -0.2) is 26.9 Å². The number of aromatic nitrogens is 1. The van der Waals surface area contributed by atoms with Gasteiger partial charge in [0.15, 0.2) is 11.5 Å². The van der Waals surface area contributed by atoms with Crippen LogP contribution in [0, 0.1) is 5.92 Å². The van der Waals surface area contributed by atoms with Crippen LogP contribution < -0.4 is 4.90 Å². The van der Waals surface area contributed by atoms with Crippen molar-refractivity contribution >= 4 is 17.4 Å². The minimum atomic E-state index is -0.886. The van der Waals surface area contributed by atoms with Crippen LogP contribution in [0.2, 0.25) is 0 Å². The van der Waals surface area contributed by atoms with Crippen LogP contribution in [0.25, 0.3) is 0 Å². The monoisotopic (exact) mass is 352 g/mol. The summed E-state index contributed by atoms with van der Waals surface area (Å²) in [5.41, 5.74) is 0.679. The molecule has 0 spiro atoms. The molecular formula is C20H20N2O4. The Bertz CT molecular complexity index is 874. The predicted octanol–water partition coefficient (Wildman–Crippen LogP) is 3.30. The summed E-state index contributed by atoms with van der Waals surface area (Å²) in [6, 6.07) is 10.6. The predicted molar refractivity (Wildman–Crippen MR) is 96.7 cm³/mol. The molecule has 3 rings (SSSR count). The van der Waals surface area contributed by atoms with Crippen molar-refractivity contribution in [2.45, 2.75) is 26.3 Å². The second-order valence-corrected chi connectivity index (χ2v) is 6.60. The van der Waals surface area contributed by atoms with Crippen LogP contribution in [0.5, 0.6) is 5.75 Å². The highest BCUT2D eigenvalue weighted by atomic mass is 16.3. The van der Waals surface area contributed by atoms with E-state index in [0.29, 0.717) is 5.69 Å². The molecule has 6 heteroatoms. The maximum Gasteiger partial charge on any atom is 0.294 e. The van der Waals surface area contributed by atoms with E-state index in [-0.39, 0.29) is 35.1 Å². The minimum absolute atomic E-state index is 0.0191. The molecule has 1 atom stereocenters. The molecule has 1 amide bonds. The van der Waals surface area contributed by atoms with Gasteiger partial charge >= 0.3 is 0 Å². The van der Waals surface area contributed by atoms with Gasteiger partial charge in [0.1, 0.15) is 11.8 Å². The van der Waals surface area contributed by atoms with Crippen LogP contribution in [0.15, 0.2) is 60.0 Å². The Kier molecular flexibility index (Phi) is 4.75. The Hall–Kier alpha value is -3.15. The maximum atomic E-state index is 12.8. The zero-order valence-corrected chi connectivity index (χ0v) is 14.6. The number of phenols is 1. The molecule has 1 aromatic carbocycles. The van der Waals surface area contributed by atoms with Crippen molar-refractivity contribution in [2.75, 3.05) is 4.90 Å². The second kappa shape index (κ2) is 7.00. The standard InChI is InChI=1S/C20H20N2O4/c1-12(2)11-16(24)17-18(13-7-5-6-10-21-13)22(20(26)19(17)25)14-8-3-4-9-15(14)23/h3-10,12,18,23,25H,11H2,1-2H3. The number of pyridine rings is 1. The highest BCUT2D eigenvalue weighted by Gasteiger charge is 2.45. The molecular weight excluding hydrogens is 332 g/mol. The average molecular weight is 352 g/mol. The lowest BCUT2D eigenvalue weighted by molar-refractivity contribution is -0.118. The first-order valence-corrected chi connectivity index (χ1v) is 8.40. The van der Waals surface area contributed by atoms with E-state index in [1.807, 2.05) is 13.8 Å². The quantitative estimate of drug-likeness (QED) is 0.861. The molecule has 0 fully saturated rings. The van der Waals surface area contributed by atoms with Crippen molar-refractivity contribution in [2.24, 2.45) is 5.92 Å². The van der Waals surface area contributed by atoms with Gasteiger partial charge in [-0.2, -0.15) is 0 Å². The highest BCUT2D eigenvalue weighted by molar-refractivity contribution is 6.16. The summed E-state index contributed by atoms with van der Waals surface area (Å²) in [4.78, 5) is 31.0. The lowest BCUT2D eigenvalue weighted by atomic mass is 9.94. The lowest BCUT2D eigenvalue weighted by Gasteiger charge is -2.26. The van der Waals surface area contributed by atoms with Gasteiger partial charge in [0.25, 0.3) is 5.91 Å². The Labute approximate surface area is 151 Å². The van der Waals surface area contributed by atoms with E-state index in [9.17, 15) is 19.8 Å². The van der Waals surface area contributed by atoms with Crippen molar-refractivity contribution in [3.8, 4) is 5.75 Å². The van der Waals surface area contributed by atoms with Gasteiger partial charge in [-0.1, -0.05) is 32.0 Å². The summed E-state index contributed by atoms with van der Waals surface area (Å²) in [7, 11) is 0. The number of carbonyl (C=O) groups is 2. The first-order chi connectivity index (χ1) is 12.4. The molecule has 26 heavy (non-hydrogen) atoms. The molecule has 2 aromatic rings. The van der Waals surface area contributed by atoms with Crippen molar-refractivity contribution in [1.82, 2.24) is 4.98 Å². The summed E-state index contributed by atoms with van der Waals surface area (Å²) >= 11 is 0. The number of amides is 1. The number of rotatable bonds is 5. The average Bonchev–Trinajstić information content (AvgIpc) is 2.87. The van der Waals surface area contributed by atoms with Gasteiger partial charge in [0.2, 0.25) is 0 Å². The molecule has 134 valence electrons. The van der Waals surface area contributed by atoms with Gasteiger partial charge in [0, 0.05) is 12.6 Å². The number of aliphatic hydroxyl groups excluding tert-OH is 1. The van der Waals surface area contributed by atoms with Crippen LogP contribution in [0.3, 0.4) is 0 Å². The molecule has 1 unspecified atom stereocenters. The van der Waals surface area contributed by atoms with E-state index < -0.39 is 17.7 Å². The molecule has 2 N–H and O–H groups in total. The fourth-order valence-electron chi connectivity index (χ4n) is 3.10. The number of aliphatic hydroxyl groups is 1. The number of hydrogen-bond donors (Lipinski definition) is 2. The van der Waals surface area contributed by atoms with E-state index in [2.05, 4.69) is 4.98 Å². The van der Waals surface area contributed by atoms with Gasteiger partial charge in [0.05, 0.1) is 17.0 Å². The fourth-order valence-corrected chi connectivity index (χ4v) is 3.10. The summed E-state index contributed by atoms with van der Waals surface area (Å²) in [5, 5.41) is 20.7. The van der Waals surface area contributed by atoms with E-state index in [1.54, 1.807) is 42.6 Å². The molecule has 0 bridgehead atoms. The first kappa shape index (κ1) is 17.7. The summed E-state index contributed by atoms with van der Waals surface area (Å²) in [5.74, 6) is -1.67. The van der Waals surface area contributed by atoms with Crippen LogP contribution in [-0.2, 0) is 9.59 Å². The zero-order chi connectivity index (χ0) is 18.8. The number of para-hydroxylation sites is 2. The van der Waals surface area contributed by atoms with E-state index in [0.717, 1.165) is 0 Å². The number of hydrogen-bond acceptors (Lipinski definition) is 5. The van der Waals surface area contributed by atoms with Crippen molar-refractivity contribution < 1.29 is 19.8 Å². The molecule has 0 radical (unpaired) electrons. The Balaban J connectivity index is 2.16. The number of Topliss-reactive ketones (excluding diaryl/α,β-unsaturated/α-hetero) is 1. The van der Waals surface area contributed by atoms with E-state index in [4.69, 9.17) is 0 Å². The maximum absolute atomic E-state index is 12.8. The van der Waals surface area contributed by atoms with E-state index >= 15 is 0 Å². The van der Waals surface area contributed by atoms with Gasteiger partial charge in [-0.25, -0.2) is 0 Å². The molecule has 2 heterocycles. The third-order valence-corrected chi connectivity index (χ3v) is 4.21. The van der Waals surface area contributed by atoms with Gasteiger partial charge in [-0.3, -0.25) is 19.5 Å². The molecule has 6 nitrogen and oxygen atoms in total. The molecule has 1 aliphatic heterocycles. The summed E-state index contributed by atoms with van der Waals surface area (Å²) in [6.45, 7) is 3.78. The van der Waals surface area contributed by atoms with Crippen LogP contribution in [0.4, 0.5) is 5.69 Å². The Morgan fingerprint density at radius 2 is 1.85 bits per heavy atom. The lowest BCUT2D eigenvalue weighted by Crippen LogP contribution is -2.31. The third kappa shape index (κ3) is 3.06. The number of benzene rings is 1. The van der Waals surface area contributed by atoms with Gasteiger partial charge in [-0.15, -0.1) is 0 Å². The third-order valence-electron chi connectivity index (χ3n) is 4.21. The number of phenolic OH excluding ortho intramolecular Hbond substituents is 1. The number of anilines is 1. The van der Waals surface area contributed by atoms with Crippen molar-refractivity contribution in [3.63, 3.8) is 0 Å². The molecule has 0 saturated carbocycles. The van der Waals surface area contributed by atoms with Gasteiger partial charge < -0.3 is 10.2 Å². The minimum Gasteiger partial charge on any atom is -0.506 e. The fraction of sp³-hybridized carbons (Fsp3) is 0.250. The zero-order valence-electron chi connectivity index (χ0n) is 14.6. The molecule has 0 aliphatic carbocycles. The van der Waals surface area contributed by atoms with Crippen LogP contribution >= 0.6 is 0 Å². The second-order valence-electron chi connectivity index (χ2n) is 6.60. The summed E-state index contributed by atoms with van der Waals surface area (Å²) in [6.07, 6.45) is 1.76. The molecule has 0 saturated heterocycles. The Morgan fingerprint density at radius 3 is 2.46 bits per heavy atom. The normalized spacial score (nSPS) is 17.3. The van der Waals surface area contributed by atoms with Gasteiger partial charge in [-0.05, 0) is 30.2 Å². The van der Waals surface area contributed by atoms with Crippen molar-refractivity contribution in [3.05, 3.63) is 65.7 Å². The largest absolute Gasteiger partial charge is 0.506 e. The number of ketones is 1. The highest BCUT2D eigenvalue weighted by Crippen LogP contribution is 2.43. The molecule has 1 aliphatic rings. The smallest absolute Gasteiger partial charge is 0.294 e. The Morgan fingerprint density at radius 1 is 1.15 bits per heavy atom. The summed E-state index contributed by atoms with van der Waals surface area (Å²) < 4.78 is 0. The number of nitrogens with zero attached hydrogens (tertiary/aromatic N) is 2.